The second-order valence-corrected chi connectivity index (χ2v) is 9.87. The molecule has 4 rings (SSSR count). The van der Waals surface area contributed by atoms with E-state index in [0.29, 0.717) is 12.8 Å². The van der Waals surface area contributed by atoms with Crippen LogP contribution in [0.1, 0.15) is 43.2 Å². The summed E-state index contributed by atoms with van der Waals surface area (Å²) in [5.74, 6) is -0.706. The summed E-state index contributed by atoms with van der Waals surface area (Å²) in [5.41, 5.74) is 2.18. The van der Waals surface area contributed by atoms with Gasteiger partial charge in [0.05, 0.1) is 0 Å². The number of carbonyl (C=O) groups excluding carboxylic acids is 2. The standard InChI is InChI=1S/C28H34F3N3O3/c1-37-18-25(35)33-20-12-16-34(17-13-20)15-7-6-14-27(26(36)32-19-28(29,30)31)23-10-4-2-8-21(23)22-9-3-5-11-24(22)27/h2-5,8-11,20H,6-7,12-19H2,1H3,(H,32,36)(H,33,35). The minimum atomic E-state index is -4.48. The van der Waals surface area contributed by atoms with Crippen LogP contribution in [0.15, 0.2) is 48.5 Å². The Balaban J connectivity index is 1.43. The van der Waals surface area contributed by atoms with Crippen molar-refractivity contribution in [2.24, 2.45) is 0 Å². The van der Waals surface area contributed by atoms with Crippen LogP contribution >= 0.6 is 0 Å². The number of rotatable bonds is 10. The number of carbonyl (C=O) groups is 2. The van der Waals surface area contributed by atoms with Crippen LogP contribution in [0.25, 0.3) is 11.1 Å². The third kappa shape index (κ3) is 6.15. The number of hydrogen-bond donors (Lipinski definition) is 2. The second-order valence-electron chi connectivity index (χ2n) is 9.87. The molecular weight excluding hydrogens is 483 g/mol. The Kier molecular flexibility index (Phi) is 8.54. The average molecular weight is 518 g/mol. The van der Waals surface area contributed by atoms with E-state index in [4.69, 9.17) is 4.74 Å². The highest BCUT2D eigenvalue weighted by atomic mass is 19.4. The fourth-order valence-electron chi connectivity index (χ4n) is 5.71. The van der Waals surface area contributed by atoms with Crippen LogP contribution < -0.4 is 10.6 Å². The maximum Gasteiger partial charge on any atom is 0.405 e. The molecule has 0 saturated carbocycles. The van der Waals surface area contributed by atoms with Gasteiger partial charge < -0.3 is 20.3 Å². The molecule has 1 aliphatic heterocycles. The monoisotopic (exact) mass is 517 g/mol. The maximum absolute atomic E-state index is 13.5. The lowest BCUT2D eigenvalue weighted by molar-refractivity contribution is -0.141. The highest BCUT2D eigenvalue weighted by Crippen LogP contribution is 2.51. The normalized spacial score (nSPS) is 17.2. The third-order valence-corrected chi connectivity index (χ3v) is 7.41. The molecule has 2 aromatic carbocycles. The molecule has 0 radical (unpaired) electrons. The van der Waals surface area contributed by atoms with Gasteiger partial charge in [-0.25, -0.2) is 0 Å². The minimum Gasteiger partial charge on any atom is -0.375 e. The van der Waals surface area contributed by atoms with Crippen molar-refractivity contribution < 1.29 is 27.5 Å². The van der Waals surface area contributed by atoms with Crippen molar-refractivity contribution in [1.29, 1.82) is 0 Å². The Morgan fingerprint density at radius 2 is 1.59 bits per heavy atom. The number of nitrogens with zero attached hydrogens (tertiary/aromatic N) is 1. The van der Waals surface area contributed by atoms with Crippen molar-refractivity contribution in [3.63, 3.8) is 0 Å². The fraction of sp³-hybridized carbons (Fsp3) is 0.500. The molecule has 37 heavy (non-hydrogen) atoms. The molecule has 0 spiro atoms. The molecule has 2 N–H and O–H groups in total. The van der Waals surface area contributed by atoms with Crippen LogP contribution in [-0.4, -0.2) is 68.8 Å². The van der Waals surface area contributed by atoms with E-state index in [1.54, 1.807) is 0 Å². The van der Waals surface area contributed by atoms with Crippen molar-refractivity contribution in [2.45, 2.75) is 49.7 Å². The fourth-order valence-corrected chi connectivity index (χ4v) is 5.71. The molecule has 0 bridgehead atoms. The van der Waals surface area contributed by atoms with Gasteiger partial charge in [0.25, 0.3) is 0 Å². The van der Waals surface area contributed by atoms with E-state index in [9.17, 15) is 22.8 Å². The second kappa shape index (κ2) is 11.6. The van der Waals surface area contributed by atoms with Crippen LogP contribution in [0.3, 0.4) is 0 Å². The van der Waals surface area contributed by atoms with Crippen LogP contribution in [0.2, 0.25) is 0 Å². The zero-order valence-corrected chi connectivity index (χ0v) is 21.1. The van der Waals surface area contributed by atoms with Crippen LogP contribution in [0.4, 0.5) is 13.2 Å². The number of methoxy groups -OCH3 is 1. The Bertz CT molecular complexity index is 1050. The van der Waals surface area contributed by atoms with E-state index in [0.717, 1.165) is 61.2 Å². The number of halogens is 3. The molecule has 1 saturated heterocycles. The average Bonchev–Trinajstić information content (AvgIpc) is 3.17. The van der Waals surface area contributed by atoms with Gasteiger partial charge >= 0.3 is 6.18 Å². The van der Waals surface area contributed by atoms with Gasteiger partial charge in [-0.05, 0) is 54.5 Å². The predicted molar refractivity (Wildman–Crippen MR) is 135 cm³/mol. The molecule has 9 heteroatoms. The van der Waals surface area contributed by atoms with Crippen LogP contribution in [0.5, 0.6) is 0 Å². The summed E-state index contributed by atoms with van der Waals surface area (Å²) in [5, 5.41) is 5.18. The summed E-state index contributed by atoms with van der Waals surface area (Å²) in [6.45, 7) is 1.27. The van der Waals surface area contributed by atoms with Crippen molar-refractivity contribution in [3.05, 3.63) is 59.7 Å². The first-order valence-electron chi connectivity index (χ1n) is 12.8. The summed E-state index contributed by atoms with van der Waals surface area (Å²) in [6, 6.07) is 15.2. The van der Waals surface area contributed by atoms with Crippen LogP contribution in [-0.2, 0) is 19.7 Å². The molecule has 2 aliphatic rings. The first kappa shape index (κ1) is 27.1. The number of alkyl halides is 3. The molecule has 1 aliphatic carbocycles. The zero-order chi connectivity index (χ0) is 26.5. The summed E-state index contributed by atoms with van der Waals surface area (Å²) < 4.78 is 43.9. The summed E-state index contributed by atoms with van der Waals surface area (Å²) >= 11 is 0. The molecule has 0 unspecified atom stereocenters. The molecular formula is C28H34F3N3O3. The number of fused-ring (bicyclic) bond motifs is 3. The third-order valence-electron chi connectivity index (χ3n) is 7.41. The van der Waals surface area contributed by atoms with E-state index in [1.165, 1.54) is 7.11 Å². The van der Waals surface area contributed by atoms with Gasteiger partial charge in [-0.15, -0.1) is 0 Å². The quantitative estimate of drug-likeness (QED) is 0.467. The zero-order valence-electron chi connectivity index (χ0n) is 21.1. The van der Waals surface area contributed by atoms with Crippen molar-refractivity contribution >= 4 is 11.8 Å². The molecule has 2 amide bonds. The van der Waals surface area contributed by atoms with E-state index in [-0.39, 0.29) is 18.6 Å². The number of amides is 2. The molecule has 2 aromatic rings. The smallest absolute Gasteiger partial charge is 0.375 e. The number of nitrogens with one attached hydrogen (secondary N) is 2. The Hall–Kier alpha value is -2.91. The Morgan fingerprint density at radius 1 is 1.00 bits per heavy atom. The lowest BCUT2D eigenvalue weighted by atomic mass is 9.73. The van der Waals surface area contributed by atoms with Gasteiger partial charge in [0.2, 0.25) is 11.8 Å². The molecule has 0 atom stereocenters. The summed E-state index contributed by atoms with van der Waals surface area (Å²) in [4.78, 5) is 27.6. The number of benzene rings is 2. The van der Waals surface area contributed by atoms with Crippen molar-refractivity contribution in [2.75, 3.05) is 39.9 Å². The predicted octanol–water partition coefficient (Wildman–Crippen LogP) is 4.03. The van der Waals surface area contributed by atoms with E-state index < -0.39 is 24.0 Å². The topological polar surface area (TPSA) is 70.7 Å². The van der Waals surface area contributed by atoms with Crippen molar-refractivity contribution in [3.8, 4) is 11.1 Å². The van der Waals surface area contributed by atoms with E-state index in [2.05, 4.69) is 15.5 Å². The first-order valence-corrected chi connectivity index (χ1v) is 12.8. The van der Waals surface area contributed by atoms with Crippen LogP contribution in [0, 0.1) is 0 Å². The SMILES string of the molecule is COCC(=O)NC1CCN(CCCCC2(C(=O)NCC(F)(F)F)c3ccccc3-c3ccccc32)CC1. The van der Waals surface area contributed by atoms with Gasteiger partial charge in [0.15, 0.2) is 0 Å². The Labute approximate surface area is 215 Å². The largest absolute Gasteiger partial charge is 0.405 e. The minimum absolute atomic E-state index is 0.0603. The maximum atomic E-state index is 13.5. The number of likely N-dealkylation sites (tertiary alicyclic amines) is 1. The van der Waals surface area contributed by atoms with E-state index in [1.807, 2.05) is 48.5 Å². The summed E-state index contributed by atoms with van der Waals surface area (Å²) in [6.07, 6.45) is -0.830. The highest BCUT2D eigenvalue weighted by molar-refractivity contribution is 6.00. The number of piperidine rings is 1. The molecule has 0 aromatic heterocycles. The molecule has 1 heterocycles. The lowest BCUT2D eigenvalue weighted by Crippen LogP contribution is -2.47. The molecule has 1 fully saturated rings. The highest BCUT2D eigenvalue weighted by Gasteiger charge is 2.49. The Morgan fingerprint density at radius 3 is 2.16 bits per heavy atom. The van der Waals surface area contributed by atoms with Gasteiger partial charge in [-0.3, -0.25) is 9.59 Å². The van der Waals surface area contributed by atoms with Gasteiger partial charge in [-0.1, -0.05) is 55.0 Å². The van der Waals surface area contributed by atoms with Crippen molar-refractivity contribution in [1.82, 2.24) is 15.5 Å². The summed E-state index contributed by atoms with van der Waals surface area (Å²) in [7, 11) is 1.50. The first-order chi connectivity index (χ1) is 17.7. The molecule has 6 nitrogen and oxygen atoms in total. The number of unbranched alkanes of at least 4 members (excludes halogenated alkanes) is 1. The van der Waals surface area contributed by atoms with E-state index >= 15 is 0 Å². The molecule has 200 valence electrons. The number of ether oxygens (including phenoxy) is 1. The lowest BCUT2D eigenvalue weighted by Gasteiger charge is -2.33. The van der Waals surface area contributed by atoms with Gasteiger partial charge in [0, 0.05) is 26.2 Å². The van der Waals surface area contributed by atoms with Gasteiger partial charge in [-0.2, -0.15) is 13.2 Å². The van der Waals surface area contributed by atoms with Gasteiger partial charge in [0.1, 0.15) is 18.6 Å². The number of hydrogen-bond acceptors (Lipinski definition) is 4.